The summed E-state index contributed by atoms with van der Waals surface area (Å²) in [6, 6.07) is 2.83. The number of anilines is 1. The highest BCUT2D eigenvalue weighted by molar-refractivity contribution is 5.84. The number of rotatable bonds is 3. The molecule has 0 saturated carbocycles. The van der Waals surface area contributed by atoms with Crippen LogP contribution in [0.1, 0.15) is 6.92 Å². The van der Waals surface area contributed by atoms with Crippen molar-refractivity contribution in [1.82, 2.24) is 9.47 Å². The highest BCUT2D eigenvalue weighted by atomic mass is 19.1. The zero-order chi connectivity index (χ0) is 18.1. The summed E-state index contributed by atoms with van der Waals surface area (Å²) in [4.78, 5) is 27.3. The van der Waals surface area contributed by atoms with Crippen molar-refractivity contribution >= 4 is 22.7 Å². The molecular weight excluding hydrogens is 329 g/mol. The average molecular weight is 349 g/mol. The fraction of sp³-hybridized carbons (Fsp3) is 0.412. The SMILES string of the molecule is CCn1cc(OC(=O)O)c(=O)c2cc(F)c(N3CCN(C)CC3)cc21. The molecule has 7 nitrogen and oxygen atoms in total. The lowest BCUT2D eigenvalue weighted by atomic mass is 10.1. The largest absolute Gasteiger partial charge is 0.511 e. The van der Waals surface area contributed by atoms with Gasteiger partial charge in [-0.3, -0.25) is 4.79 Å². The Kier molecular flexibility index (Phi) is 4.63. The fourth-order valence-corrected chi connectivity index (χ4v) is 3.09. The molecule has 2 aromatic rings. The minimum atomic E-state index is -1.58. The van der Waals surface area contributed by atoms with Crippen LogP contribution in [-0.2, 0) is 6.54 Å². The summed E-state index contributed by atoms with van der Waals surface area (Å²) >= 11 is 0. The van der Waals surface area contributed by atoms with Gasteiger partial charge in [-0.1, -0.05) is 0 Å². The smallest absolute Gasteiger partial charge is 0.449 e. The van der Waals surface area contributed by atoms with Crippen LogP contribution in [-0.4, -0.2) is 54.0 Å². The van der Waals surface area contributed by atoms with Gasteiger partial charge in [-0.2, -0.15) is 0 Å². The summed E-state index contributed by atoms with van der Waals surface area (Å²) in [5.74, 6) is -0.821. The maximum absolute atomic E-state index is 14.7. The second kappa shape index (κ2) is 6.72. The van der Waals surface area contributed by atoms with E-state index in [9.17, 15) is 14.0 Å². The molecule has 25 heavy (non-hydrogen) atoms. The number of fused-ring (bicyclic) bond motifs is 1. The molecule has 1 saturated heterocycles. The number of halogens is 1. The molecule has 3 rings (SSSR count). The first-order chi connectivity index (χ1) is 11.9. The molecule has 1 fully saturated rings. The number of ether oxygens (including phenoxy) is 1. The maximum atomic E-state index is 14.7. The molecule has 2 heterocycles. The first kappa shape index (κ1) is 17.2. The summed E-state index contributed by atoms with van der Waals surface area (Å²) in [5.41, 5.74) is 0.376. The van der Waals surface area contributed by atoms with E-state index in [1.165, 1.54) is 12.3 Å². The van der Waals surface area contributed by atoms with Gasteiger partial charge in [0.15, 0.2) is 5.75 Å². The monoisotopic (exact) mass is 349 g/mol. The van der Waals surface area contributed by atoms with E-state index in [1.54, 1.807) is 10.6 Å². The van der Waals surface area contributed by atoms with Crippen molar-refractivity contribution in [2.24, 2.45) is 0 Å². The van der Waals surface area contributed by atoms with E-state index >= 15 is 0 Å². The molecule has 1 aliphatic heterocycles. The Hall–Kier alpha value is -2.61. The number of hydrogen-bond donors (Lipinski definition) is 1. The minimum Gasteiger partial charge on any atom is -0.449 e. The van der Waals surface area contributed by atoms with Crippen LogP contribution in [0.2, 0.25) is 0 Å². The summed E-state index contributed by atoms with van der Waals surface area (Å²) in [6.45, 7) is 5.42. The first-order valence-corrected chi connectivity index (χ1v) is 8.11. The van der Waals surface area contributed by atoms with E-state index in [0.717, 1.165) is 13.1 Å². The van der Waals surface area contributed by atoms with Gasteiger partial charge in [0.2, 0.25) is 5.43 Å². The minimum absolute atomic E-state index is 0.107. The average Bonchev–Trinajstić information content (AvgIpc) is 2.58. The fourth-order valence-electron chi connectivity index (χ4n) is 3.09. The van der Waals surface area contributed by atoms with Gasteiger partial charge >= 0.3 is 6.16 Å². The molecule has 0 bridgehead atoms. The number of benzene rings is 1. The van der Waals surface area contributed by atoms with Crippen molar-refractivity contribution in [1.29, 1.82) is 0 Å². The van der Waals surface area contributed by atoms with Gasteiger partial charge in [-0.05, 0) is 26.1 Å². The Morgan fingerprint density at radius 1 is 1.28 bits per heavy atom. The molecule has 0 radical (unpaired) electrons. The summed E-state index contributed by atoms with van der Waals surface area (Å²) in [7, 11) is 2.02. The second-order valence-corrected chi connectivity index (χ2v) is 6.09. The zero-order valence-electron chi connectivity index (χ0n) is 14.2. The van der Waals surface area contributed by atoms with Gasteiger partial charge in [0, 0.05) is 32.7 Å². The van der Waals surface area contributed by atoms with Crippen LogP contribution < -0.4 is 15.1 Å². The number of aryl methyl sites for hydroxylation is 1. The quantitative estimate of drug-likeness (QED) is 0.854. The molecule has 134 valence electrons. The Morgan fingerprint density at radius 2 is 1.96 bits per heavy atom. The van der Waals surface area contributed by atoms with Gasteiger partial charge in [0.1, 0.15) is 5.82 Å². The van der Waals surface area contributed by atoms with Crippen LogP contribution in [0, 0.1) is 5.82 Å². The van der Waals surface area contributed by atoms with Crippen molar-refractivity contribution in [3.05, 3.63) is 34.4 Å². The zero-order valence-corrected chi connectivity index (χ0v) is 14.2. The molecule has 1 aromatic carbocycles. The third kappa shape index (κ3) is 3.30. The van der Waals surface area contributed by atoms with E-state index in [4.69, 9.17) is 5.11 Å². The predicted molar refractivity (Wildman–Crippen MR) is 92.2 cm³/mol. The molecule has 0 amide bonds. The normalized spacial score (nSPS) is 15.6. The van der Waals surface area contributed by atoms with Crippen LogP contribution >= 0.6 is 0 Å². The van der Waals surface area contributed by atoms with Gasteiger partial charge in [0.25, 0.3) is 0 Å². The predicted octanol–water partition coefficient (Wildman–Crippen LogP) is 1.97. The van der Waals surface area contributed by atoms with Crippen LogP contribution in [0.15, 0.2) is 23.1 Å². The van der Waals surface area contributed by atoms with Crippen LogP contribution in [0.25, 0.3) is 10.9 Å². The molecule has 0 atom stereocenters. The van der Waals surface area contributed by atoms with Crippen LogP contribution in [0.4, 0.5) is 14.9 Å². The first-order valence-electron chi connectivity index (χ1n) is 8.11. The molecule has 0 spiro atoms. The van der Waals surface area contributed by atoms with Crippen molar-refractivity contribution in [3.63, 3.8) is 0 Å². The molecule has 1 N–H and O–H groups in total. The highest BCUT2D eigenvalue weighted by Gasteiger charge is 2.20. The van der Waals surface area contributed by atoms with E-state index in [-0.39, 0.29) is 11.1 Å². The van der Waals surface area contributed by atoms with E-state index < -0.39 is 17.4 Å². The van der Waals surface area contributed by atoms with Gasteiger partial charge in [0.05, 0.1) is 22.8 Å². The topological polar surface area (TPSA) is 75.0 Å². The number of aromatic nitrogens is 1. The van der Waals surface area contributed by atoms with E-state index in [0.29, 0.717) is 30.8 Å². The molecule has 1 aliphatic rings. The lowest BCUT2D eigenvalue weighted by Gasteiger charge is -2.34. The molecule has 0 aliphatic carbocycles. The van der Waals surface area contributed by atoms with Gasteiger partial charge < -0.3 is 24.2 Å². The highest BCUT2D eigenvalue weighted by Crippen LogP contribution is 2.27. The second-order valence-electron chi connectivity index (χ2n) is 6.09. The third-order valence-corrected chi connectivity index (χ3v) is 4.50. The molecular formula is C17H20FN3O4. The van der Waals surface area contributed by atoms with Crippen LogP contribution in [0.3, 0.4) is 0 Å². The Bertz CT molecular complexity index is 872. The standard InChI is InChI=1S/C17H20FN3O4/c1-3-20-10-15(25-17(23)24)16(22)11-8-12(18)14(9-13(11)20)21-6-4-19(2)5-7-21/h8-10H,3-7H2,1-2H3,(H,23,24). The number of piperazine rings is 1. The Labute approximate surface area is 143 Å². The van der Waals surface area contributed by atoms with Gasteiger partial charge in [-0.15, -0.1) is 0 Å². The number of carboxylic acid groups (broad SMARTS) is 1. The van der Waals surface area contributed by atoms with Crippen molar-refractivity contribution in [2.45, 2.75) is 13.5 Å². The Morgan fingerprint density at radius 3 is 2.56 bits per heavy atom. The number of carbonyl (C=O) groups is 1. The molecule has 0 unspecified atom stereocenters. The third-order valence-electron chi connectivity index (χ3n) is 4.50. The molecule has 8 heteroatoms. The number of hydrogen-bond acceptors (Lipinski definition) is 5. The van der Waals surface area contributed by atoms with Gasteiger partial charge in [-0.25, -0.2) is 9.18 Å². The lowest BCUT2D eigenvalue weighted by Crippen LogP contribution is -2.44. The summed E-state index contributed by atoms with van der Waals surface area (Å²) < 4.78 is 20.9. The maximum Gasteiger partial charge on any atom is 0.511 e. The number of pyridine rings is 1. The van der Waals surface area contributed by atoms with E-state index in [2.05, 4.69) is 9.64 Å². The Balaban J connectivity index is 2.13. The van der Waals surface area contributed by atoms with Crippen molar-refractivity contribution in [3.8, 4) is 5.75 Å². The summed E-state index contributed by atoms with van der Waals surface area (Å²) in [5, 5.41) is 8.87. The summed E-state index contributed by atoms with van der Waals surface area (Å²) in [6.07, 6.45) is -0.224. The van der Waals surface area contributed by atoms with Crippen LogP contribution in [0.5, 0.6) is 5.75 Å². The number of likely N-dealkylation sites (N-methyl/N-ethyl adjacent to an activating group) is 1. The van der Waals surface area contributed by atoms with E-state index in [1.807, 2.05) is 18.9 Å². The van der Waals surface area contributed by atoms with Crippen molar-refractivity contribution < 1.29 is 19.0 Å². The van der Waals surface area contributed by atoms with Crippen molar-refractivity contribution in [2.75, 3.05) is 38.1 Å². The molecule has 1 aromatic heterocycles. The number of nitrogens with zero attached hydrogens (tertiary/aromatic N) is 3. The lowest BCUT2D eigenvalue weighted by molar-refractivity contribution is 0.144.